The molecule has 2 aliphatic carbocycles. The first-order chi connectivity index (χ1) is 9.43. The van der Waals surface area contributed by atoms with E-state index in [9.17, 15) is 0 Å². The van der Waals surface area contributed by atoms with E-state index in [1.165, 1.54) is 25.7 Å². The zero-order chi connectivity index (χ0) is 14.8. The first-order valence-corrected chi connectivity index (χ1v) is 8.48. The maximum absolute atomic E-state index is 6.11. The lowest BCUT2D eigenvalue weighted by molar-refractivity contribution is -0.116. The molecule has 2 saturated carbocycles. The average molecular weight is 282 g/mol. The quantitative estimate of drug-likeness (QED) is 0.787. The van der Waals surface area contributed by atoms with Gasteiger partial charge in [0.1, 0.15) is 0 Å². The van der Waals surface area contributed by atoms with Crippen LogP contribution in [0.1, 0.15) is 59.8 Å². The van der Waals surface area contributed by atoms with Gasteiger partial charge in [-0.15, -0.1) is 0 Å². The molecule has 0 aromatic carbocycles. The van der Waals surface area contributed by atoms with Gasteiger partial charge in [-0.25, -0.2) is 0 Å². The Balaban J connectivity index is 1.83. The molecule has 2 aliphatic rings. The lowest BCUT2D eigenvalue weighted by Gasteiger charge is -2.53. The van der Waals surface area contributed by atoms with Crippen molar-refractivity contribution in [1.29, 1.82) is 0 Å². The Morgan fingerprint density at radius 2 is 1.90 bits per heavy atom. The molecule has 2 fully saturated rings. The molecule has 2 unspecified atom stereocenters. The van der Waals surface area contributed by atoms with Gasteiger partial charge in [0.2, 0.25) is 0 Å². The molecule has 0 saturated heterocycles. The molecule has 0 amide bonds. The Hall–Kier alpha value is -0.120. The number of hydrogen-bond acceptors (Lipinski definition) is 3. The van der Waals surface area contributed by atoms with Crippen LogP contribution in [0.15, 0.2) is 0 Å². The molecule has 0 heterocycles. The van der Waals surface area contributed by atoms with Crippen LogP contribution in [0.3, 0.4) is 0 Å². The Morgan fingerprint density at radius 3 is 2.40 bits per heavy atom. The summed E-state index contributed by atoms with van der Waals surface area (Å²) in [5.41, 5.74) is 6.71. The minimum atomic E-state index is 0.258. The van der Waals surface area contributed by atoms with Gasteiger partial charge in [-0.2, -0.15) is 0 Å². The fourth-order valence-corrected chi connectivity index (χ4v) is 3.88. The van der Waals surface area contributed by atoms with Gasteiger partial charge in [-0.3, -0.25) is 0 Å². The highest BCUT2D eigenvalue weighted by Crippen LogP contribution is 2.44. The molecule has 3 heteroatoms. The van der Waals surface area contributed by atoms with Crippen LogP contribution in [0.2, 0.25) is 0 Å². The Bertz CT molecular complexity index is 308. The summed E-state index contributed by atoms with van der Waals surface area (Å²) in [4.78, 5) is 0. The Kier molecular flexibility index (Phi) is 5.14. The summed E-state index contributed by atoms with van der Waals surface area (Å²) in [6, 6.07) is 0.585. The number of ether oxygens (including phenoxy) is 1. The van der Waals surface area contributed by atoms with Crippen molar-refractivity contribution >= 4 is 0 Å². The molecular formula is C17H34N2O. The van der Waals surface area contributed by atoms with Gasteiger partial charge in [0.05, 0.1) is 6.10 Å². The van der Waals surface area contributed by atoms with Crippen molar-refractivity contribution in [1.82, 2.24) is 5.32 Å². The van der Waals surface area contributed by atoms with Crippen LogP contribution in [0.5, 0.6) is 0 Å². The van der Waals surface area contributed by atoms with E-state index in [2.05, 4.69) is 33.0 Å². The van der Waals surface area contributed by atoms with Crippen molar-refractivity contribution in [2.24, 2.45) is 22.5 Å². The van der Waals surface area contributed by atoms with Crippen molar-refractivity contribution in [2.45, 2.75) is 71.9 Å². The van der Waals surface area contributed by atoms with Gasteiger partial charge < -0.3 is 15.8 Å². The van der Waals surface area contributed by atoms with Gasteiger partial charge in [-0.1, -0.05) is 33.6 Å². The zero-order valence-corrected chi connectivity index (χ0v) is 13.9. The van der Waals surface area contributed by atoms with Crippen molar-refractivity contribution in [3.63, 3.8) is 0 Å². The predicted octanol–water partition coefficient (Wildman–Crippen LogP) is 2.93. The summed E-state index contributed by atoms with van der Waals surface area (Å²) in [6.07, 6.45) is 6.84. The number of nitrogens with one attached hydrogen (secondary N) is 1. The highest BCUT2D eigenvalue weighted by Gasteiger charge is 2.49. The minimum absolute atomic E-state index is 0.258. The zero-order valence-electron chi connectivity index (χ0n) is 13.9. The molecule has 0 bridgehead atoms. The van der Waals surface area contributed by atoms with Gasteiger partial charge in [0, 0.05) is 24.6 Å². The van der Waals surface area contributed by atoms with Crippen molar-refractivity contribution in [2.75, 3.05) is 19.7 Å². The summed E-state index contributed by atoms with van der Waals surface area (Å²) in [6.45, 7) is 11.8. The smallest absolute Gasteiger partial charge is 0.0655 e. The second-order valence-electron chi connectivity index (χ2n) is 7.82. The Labute approximate surface area is 125 Å². The largest absolute Gasteiger partial charge is 0.378 e. The van der Waals surface area contributed by atoms with Crippen molar-refractivity contribution in [3.8, 4) is 0 Å². The molecule has 0 spiro atoms. The molecule has 3 nitrogen and oxygen atoms in total. The highest BCUT2D eigenvalue weighted by atomic mass is 16.5. The van der Waals surface area contributed by atoms with Gasteiger partial charge >= 0.3 is 0 Å². The number of nitrogens with two attached hydrogens (primary N) is 1. The molecule has 2 rings (SSSR count). The summed E-state index contributed by atoms with van der Waals surface area (Å²) < 4.78 is 5.82. The van der Waals surface area contributed by atoms with Crippen molar-refractivity contribution < 1.29 is 4.74 Å². The molecule has 3 N–H and O–H groups in total. The fourth-order valence-electron chi connectivity index (χ4n) is 3.88. The van der Waals surface area contributed by atoms with Crippen molar-refractivity contribution in [3.05, 3.63) is 0 Å². The van der Waals surface area contributed by atoms with Crippen LogP contribution in [0.4, 0.5) is 0 Å². The van der Waals surface area contributed by atoms with E-state index in [0.717, 1.165) is 32.0 Å². The molecule has 0 aliphatic heterocycles. The van der Waals surface area contributed by atoms with E-state index < -0.39 is 0 Å². The first-order valence-electron chi connectivity index (χ1n) is 8.48. The predicted molar refractivity (Wildman–Crippen MR) is 84.7 cm³/mol. The first kappa shape index (κ1) is 16.3. The van der Waals surface area contributed by atoms with E-state index in [-0.39, 0.29) is 5.41 Å². The summed E-state index contributed by atoms with van der Waals surface area (Å²) in [5.74, 6) is 0.886. The number of hydrogen-bond donors (Lipinski definition) is 2. The van der Waals surface area contributed by atoms with E-state index in [0.29, 0.717) is 17.6 Å². The van der Waals surface area contributed by atoms with E-state index in [1.807, 2.05) is 0 Å². The third-order valence-corrected chi connectivity index (χ3v) is 6.04. The van der Waals surface area contributed by atoms with Gasteiger partial charge in [-0.05, 0) is 44.1 Å². The third kappa shape index (κ3) is 3.20. The maximum atomic E-state index is 6.11. The van der Waals surface area contributed by atoms with E-state index in [4.69, 9.17) is 10.5 Å². The highest BCUT2D eigenvalue weighted by molar-refractivity contribution is 5.03. The molecular weight excluding hydrogens is 248 g/mol. The van der Waals surface area contributed by atoms with E-state index >= 15 is 0 Å². The fraction of sp³-hybridized carbons (Fsp3) is 1.00. The van der Waals surface area contributed by atoms with Crippen LogP contribution < -0.4 is 11.1 Å². The second-order valence-corrected chi connectivity index (χ2v) is 7.82. The molecule has 2 atom stereocenters. The van der Waals surface area contributed by atoms with Gasteiger partial charge in [0.25, 0.3) is 0 Å². The molecule has 0 aromatic rings. The van der Waals surface area contributed by atoms with Crippen LogP contribution in [0, 0.1) is 16.7 Å². The third-order valence-electron chi connectivity index (χ3n) is 6.04. The SMILES string of the molecule is CCOC1CC(NCC2(CN)CCC(C)CC2)C1(C)C. The monoisotopic (exact) mass is 282 g/mol. The summed E-state index contributed by atoms with van der Waals surface area (Å²) >= 11 is 0. The molecule has 20 heavy (non-hydrogen) atoms. The molecule has 0 radical (unpaired) electrons. The lowest BCUT2D eigenvalue weighted by Crippen LogP contribution is -2.62. The van der Waals surface area contributed by atoms with E-state index in [1.54, 1.807) is 0 Å². The van der Waals surface area contributed by atoms with Crippen LogP contribution in [-0.2, 0) is 4.74 Å². The summed E-state index contributed by atoms with van der Waals surface area (Å²) in [5, 5.41) is 3.81. The molecule has 0 aromatic heterocycles. The lowest BCUT2D eigenvalue weighted by atomic mass is 9.63. The average Bonchev–Trinajstić information content (AvgIpc) is 2.44. The standard InChI is InChI=1S/C17H34N2O/c1-5-20-15-10-14(16(15,3)4)19-12-17(11-18)8-6-13(2)7-9-17/h13-15,19H,5-12,18H2,1-4H3. The molecule has 118 valence electrons. The van der Waals surface area contributed by atoms with Gasteiger partial charge in [0.15, 0.2) is 0 Å². The number of rotatable bonds is 6. The Morgan fingerprint density at radius 1 is 1.25 bits per heavy atom. The van der Waals surface area contributed by atoms with Crippen LogP contribution >= 0.6 is 0 Å². The summed E-state index contributed by atoms with van der Waals surface area (Å²) in [7, 11) is 0. The van der Waals surface area contributed by atoms with Crippen LogP contribution in [0.25, 0.3) is 0 Å². The topological polar surface area (TPSA) is 47.3 Å². The maximum Gasteiger partial charge on any atom is 0.0655 e. The second kappa shape index (κ2) is 6.33. The normalized spacial score (nSPS) is 40.4. The van der Waals surface area contributed by atoms with Crippen LogP contribution in [-0.4, -0.2) is 31.8 Å². The minimum Gasteiger partial charge on any atom is -0.378 e.